The molecule has 1 saturated carbocycles. The maximum absolute atomic E-state index is 5.36. The lowest BCUT2D eigenvalue weighted by Crippen LogP contribution is -2.37. The van der Waals surface area contributed by atoms with Gasteiger partial charge in [-0.3, -0.25) is 0 Å². The first-order valence-corrected chi connectivity index (χ1v) is 6.65. The van der Waals surface area contributed by atoms with E-state index in [-0.39, 0.29) is 0 Å². The summed E-state index contributed by atoms with van der Waals surface area (Å²) in [6, 6.07) is 9.97. The summed E-state index contributed by atoms with van der Waals surface area (Å²) >= 11 is 0. The van der Waals surface area contributed by atoms with Crippen LogP contribution in [0.25, 0.3) is 0 Å². The Morgan fingerprint density at radius 2 is 2.29 bits per heavy atom. The van der Waals surface area contributed by atoms with Crippen molar-refractivity contribution in [2.75, 3.05) is 7.11 Å². The Morgan fingerprint density at radius 3 is 3.12 bits per heavy atom. The second kappa shape index (κ2) is 4.02. The van der Waals surface area contributed by atoms with Crippen LogP contribution in [0.3, 0.4) is 0 Å². The zero-order valence-electron chi connectivity index (χ0n) is 10.7. The zero-order chi connectivity index (χ0) is 11.9. The highest BCUT2D eigenvalue weighted by Gasteiger charge is 2.48. The molecule has 17 heavy (non-hydrogen) atoms. The van der Waals surface area contributed by atoms with E-state index in [1.807, 2.05) is 6.07 Å². The van der Waals surface area contributed by atoms with Crippen LogP contribution in [0.5, 0.6) is 5.75 Å². The van der Waals surface area contributed by atoms with Crippen molar-refractivity contribution in [2.45, 2.75) is 50.1 Å². The molecule has 92 valence electrons. The van der Waals surface area contributed by atoms with E-state index in [0.717, 1.165) is 11.8 Å². The van der Waals surface area contributed by atoms with Crippen molar-refractivity contribution in [2.24, 2.45) is 0 Å². The van der Waals surface area contributed by atoms with Gasteiger partial charge in [0, 0.05) is 17.5 Å². The highest BCUT2D eigenvalue weighted by atomic mass is 16.5. The van der Waals surface area contributed by atoms with Gasteiger partial charge in [-0.1, -0.05) is 18.6 Å². The smallest absolute Gasteiger partial charge is 0.119 e. The van der Waals surface area contributed by atoms with Crippen LogP contribution in [0.1, 0.15) is 38.2 Å². The largest absolute Gasteiger partial charge is 0.497 e. The van der Waals surface area contributed by atoms with Gasteiger partial charge in [-0.15, -0.1) is 0 Å². The molecule has 1 heterocycles. The standard InChI is InChI=1S/C15H21NO/c1-11-15(8-4-6-13(10-15)16-11)12-5-3-7-14(9-12)17-2/h3,5,7,9,11,13,16H,4,6,8,10H2,1-2H3. The summed E-state index contributed by atoms with van der Waals surface area (Å²) in [5.41, 5.74) is 1.80. The fourth-order valence-corrected chi connectivity index (χ4v) is 3.80. The van der Waals surface area contributed by atoms with E-state index in [4.69, 9.17) is 4.74 Å². The predicted octanol–water partition coefficient (Wildman–Crippen LogP) is 2.87. The van der Waals surface area contributed by atoms with E-state index in [9.17, 15) is 0 Å². The highest BCUT2D eigenvalue weighted by Crippen LogP contribution is 2.47. The Kier molecular flexibility index (Phi) is 2.62. The van der Waals surface area contributed by atoms with E-state index in [1.165, 1.54) is 31.2 Å². The summed E-state index contributed by atoms with van der Waals surface area (Å²) in [6.07, 6.45) is 5.29. The van der Waals surface area contributed by atoms with Gasteiger partial charge in [-0.25, -0.2) is 0 Å². The van der Waals surface area contributed by atoms with E-state index in [1.54, 1.807) is 7.11 Å². The second-order valence-corrected chi connectivity index (χ2v) is 5.57. The average molecular weight is 231 g/mol. The first-order valence-electron chi connectivity index (χ1n) is 6.65. The SMILES string of the molecule is COc1cccc(C23CCCC(C2)NC3C)c1. The van der Waals surface area contributed by atoms with Crippen molar-refractivity contribution in [1.29, 1.82) is 0 Å². The lowest BCUT2D eigenvalue weighted by Gasteiger charge is -2.36. The normalized spacial score (nSPS) is 35.9. The molecule has 0 aromatic heterocycles. The maximum atomic E-state index is 5.36. The third-order valence-electron chi connectivity index (χ3n) is 4.75. The molecule has 1 aliphatic heterocycles. The Labute approximate surface area is 103 Å². The molecule has 3 rings (SSSR count). The molecule has 1 N–H and O–H groups in total. The number of benzene rings is 1. The number of fused-ring (bicyclic) bond motifs is 2. The number of nitrogens with one attached hydrogen (secondary N) is 1. The van der Waals surface area contributed by atoms with Gasteiger partial charge in [0.2, 0.25) is 0 Å². The monoisotopic (exact) mass is 231 g/mol. The first kappa shape index (κ1) is 11.1. The van der Waals surface area contributed by atoms with Crippen LogP contribution in [0.2, 0.25) is 0 Å². The summed E-state index contributed by atoms with van der Waals surface area (Å²) in [7, 11) is 1.75. The van der Waals surface area contributed by atoms with Gasteiger partial charge in [0.25, 0.3) is 0 Å². The third kappa shape index (κ3) is 1.66. The van der Waals surface area contributed by atoms with Crippen LogP contribution < -0.4 is 10.1 Å². The van der Waals surface area contributed by atoms with Crippen molar-refractivity contribution in [3.63, 3.8) is 0 Å². The molecule has 3 unspecified atom stereocenters. The number of ether oxygens (including phenoxy) is 1. The van der Waals surface area contributed by atoms with Crippen molar-refractivity contribution in [3.8, 4) is 5.75 Å². The van der Waals surface area contributed by atoms with Crippen molar-refractivity contribution in [3.05, 3.63) is 29.8 Å². The molecule has 3 atom stereocenters. The van der Waals surface area contributed by atoms with Gasteiger partial charge in [-0.2, -0.15) is 0 Å². The molecular formula is C15H21NO. The van der Waals surface area contributed by atoms with E-state index in [2.05, 4.69) is 30.4 Å². The summed E-state index contributed by atoms with van der Waals surface area (Å²) in [5.74, 6) is 0.984. The Morgan fingerprint density at radius 1 is 1.41 bits per heavy atom. The Hall–Kier alpha value is -1.02. The zero-order valence-corrected chi connectivity index (χ0v) is 10.7. The minimum atomic E-state index is 0.345. The summed E-state index contributed by atoms with van der Waals surface area (Å²) in [5, 5.41) is 3.75. The van der Waals surface area contributed by atoms with Crippen molar-refractivity contribution in [1.82, 2.24) is 5.32 Å². The molecule has 1 aliphatic carbocycles. The van der Waals surface area contributed by atoms with E-state index >= 15 is 0 Å². The van der Waals surface area contributed by atoms with Crippen molar-refractivity contribution < 1.29 is 4.74 Å². The molecule has 0 spiro atoms. The summed E-state index contributed by atoms with van der Waals surface area (Å²) < 4.78 is 5.36. The molecule has 2 nitrogen and oxygen atoms in total. The fraction of sp³-hybridized carbons (Fsp3) is 0.600. The Bertz CT molecular complexity index is 417. The van der Waals surface area contributed by atoms with Crippen LogP contribution in [-0.4, -0.2) is 19.2 Å². The van der Waals surface area contributed by atoms with Gasteiger partial charge in [0.05, 0.1) is 7.11 Å². The summed E-state index contributed by atoms with van der Waals surface area (Å²) in [4.78, 5) is 0. The second-order valence-electron chi connectivity index (χ2n) is 5.57. The minimum absolute atomic E-state index is 0.345. The predicted molar refractivity (Wildman–Crippen MR) is 69.5 cm³/mol. The molecule has 2 heteroatoms. The van der Waals surface area contributed by atoms with E-state index < -0.39 is 0 Å². The van der Waals surface area contributed by atoms with Gasteiger partial charge in [0.1, 0.15) is 5.75 Å². The van der Waals surface area contributed by atoms with Crippen LogP contribution in [0.4, 0.5) is 0 Å². The van der Waals surface area contributed by atoms with Gasteiger partial charge in [-0.05, 0) is 43.9 Å². The number of hydrogen-bond donors (Lipinski definition) is 1. The molecule has 0 radical (unpaired) electrons. The molecular weight excluding hydrogens is 210 g/mol. The lowest BCUT2D eigenvalue weighted by molar-refractivity contribution is 0.318. The third-order valence-corrected chi connectivity index (χ3v) is 4.75. The van der Waals surface area contributed by atoms with Crippen LogP contribution in [-0.2, 0) is 5.41 Å². The highest BCUT2D eigenvalue weighted by molar-refractivity contribution is 5.37. The molecule has 1 aromatic rings. The van der Waals surface area contributed by atoms with Gasteiger partial charge in [0.15, 0.2) is 0 Å². The number of hydrogen-bond acceptors (Lipinski definition) is 2. The van der Waals surface area contributed by atoms with Crippen LogP contribution in [0, 0.1) is 0 Å². The summed E-state index contributed by atoms with van der Waals surface area (Å²) in [6.45, 7) is 2.34. The van der Waals surface area contributed by atoms with Gasteiger partial charge >= 0.3 is 0 Å². The maximum Gasteiger partial charge on any atom is 0.119 e. The topological polar surface area (TPSA) is 21.3 Å². The molecule has 0 amide bonds. The van der Waals surface area contributed by atoms with Crippen LogP contribution >= 0.6 is 0 Å². The molecule has 1 aromatic carbocycles. The van der Waals surface area contributed by atoms with Crippen LogP contribution in [0.15, 0.2) is 24.3 Å². The molecule has 2 aliphatic rings. The number of methoxy groups -OCH3 is 1. The number of rotatable bonds is 2. The molecule has 2 fully saturated rings. The van der Waals surface area contributed by atoms with E-state index in [0.29, 0.717) is 11.5 Å². The lowest BCUT2D eigenvalue weighted by atomic mass is 9.68. The first-order chi connectivity index (χ1) is 8.24. The average Bonchev–Trinajstić information content (AvgIpc) is 2.60. The quantitative estimate of drug-likeness (QED) is 0.845. The van der Waals surface area contributed by atoms with Crippen molar-refractivity contribution >= 4 is 0 Å². The molecule has 1 saturated heterocycles. The minimum Gasteiger partial charge on any atom is -0.497 e. The Balaban J connectivity index is 2.00. The fourth-order valence-electron chi connectivity index (χ4n) is 3.80. The molecule has 2 bridgehead atoms. The van der Waals surface area contributed by atoms with Gasteiger partial charge < -0.3 is 10.1 Å².